The van der Waals surface area contributed by atoms with Gasteiger partial charge in [-0.2, -0.15) is 0 Å². The van der Waals surface area contributed by atoms with Gasteiger partial charge in [0, 0.05) is 18.7 Å². The number of guanidine groups is 1. The average molecular weight is 523 g/mol. The molecule has 1 amide bonds. The van der Waals surface area contributed by atoms with Gasteiger partial charge in [0.15, 0.2) is 5.96 Å². The number of nitrogens with zero attached hydrogens (tertiary/aromatic N) is 2. The number of rotatable bonds is 10. The highest BCUT2D eigenvalue weighted by atomic mass is 127. The third-order valence-corrected chi connectivity index (χ3v) is 4.88. The Morgan fingerprint density at radius 1 is 1.03 bits per heavy atom. The molecule has 2 aromatic rings. The molecule has 0 saturated carbocycles. The Morgan fingerprint density at radius 3 is 2.33 bits per heavy atom. The molecule has 2 rings (SSSR count). The first-order chi connectivity index (χ1) is 14.1. The molecule has 0 radical (unpaired) electrons. The van der Waals surface area contributed by atoms with Gasteiger partial charge in [0.05, 0.1) is 12.6 Å². The number of amides is 1. The smallest absolute Gasteiger partial charge is 0.248 e. The summed E-state index contributed by atoms with van der Waals surface area (Å²) in [6, 6.07) is 18.1. The zero-order valence-electron chi connectivity index (χ0n) is 18.1. The third-order valence-electron chi connectivity index (χ3n) is 4.88. The summed E-state index contributed by atoms with van der Waals surface area (Å²) in [6.45, 7) is 10.4. The fourth-order valence-corrected chi connectivity index (χ4v) is 3.33. The molecule has 0 aliphatic carbocycles. The van der Waals surface area contributed by atoms with Crippen molar-refractivity contribution in [2.45, 2.75) is 33.4 Å². The highest BCUT2D eigenvalue weighted by Crippen LogP contribution is 2.19. The summed E-state index contributed by atoms with van der Waals surface area (Å²) in [6.07, 6.45) is 0. The lowest BCUT2D eigenvalue weighted by atomic mass is 10.1. The monoisotopic (exact) mass is 523 g/mol. The largest absolute Gasteiger partial charge is 0.366 e. The van der Waals surface area contributed by atoms with Crippen LogP contribution in [0.15, 0.2) is 59.6 Å². The molecule has 0 bridgehead atoms. The van der Waals surface area contributed by atoms with E-state index in [4.69, 9.17) is 5.73 Å². The minimum Gasteiger partial charge on any atom is -0.366 e. The maximum Gasteiger partial charge on any atom is 0.248 e. The summed E-state index contributed by atoms with van der Waals surface area (Å²) in [7, 11) is 0. The van der Waals surface area contributed by atoms with Crippen LogP contribution >= 0.6 is 24.0 Å². The van der Waals surface area contributed by atoms with Gasteiger partial charge in [0.2, 0.25) is 5.91 Å². The highest BCUT2D eigenvalue weighted by molar-refractivity contribution is 14.0. The molecule has 4 N–H and O–H groups in total. The van der Waals surface area contributed by atoms with Crippen LogP contribution in [-0.2, 0) is 6.54 Å². The van der Waals surface area contributed by atoms with Gasteiger partial charge in [0.25, 0.3) is 0 Å². The maximum atomic E-state index is 11.4. The van der Waals surface area contributed by atoms with Gasteiger partial charge < -0.3 is 16.4 Å². The van der Waals surface area contributed by atoms with Crippen molar-refractivity contribution in [3.8, 4) is 0 Å². The molecule has 1 unspecified atom stereocenters. The van der Waals surface area contributed by atoms with Gasteiger partial charge in [-0.05, 0) is 43.3 Å². The number of benzene rings is 2. The molecule has 30 heavy (non-hydrogen) atoms. The summed E-state index contributed by atoms with van der Waals surface area (Å²) < 4.78 is 0. The van der Waals surface area contributed by atoms with Gasteiger partial charge in [-0.1, -0.05) is 56.3 Å². The van der Waals surface area contributed by atoms with E-state index in [0.717, 1.165) is 37.7 Å². The van der Waals surface area contributed by atoms with Crippen LogP contribution in [-0.4, -0.2) is 42.9 Å². The zero-order chi connectivity index (χ0) is 21.1. The minimum atomic E-state index is -0.425. The standard InChI is InChI=1S/C23H33N5O.HI/c1-4-25-23(26-16-18-11-10-14-20(15-18)22(24)29)27-17-21(28(5-2)6-3)19-12-8-7-9-13-19;/h7-15,21H,4-6,16-17H2,1-3H3,(H2,24,29)(H2,25,26,27);1H. The molecule has 1 atom stereocenters. The number of nitrogens with one attached hydrogen (secondary N) is 2. The fourth-order valence-electron chi connectivity index (χ4n) is 3.33. The van der Waals surface area contributed by atoms with Crippen LogP contribution < -0.4 is 16.4 Å². The van der Waals surface area contributed by atoms with E-state index in [1.807, 2.05) is 25.1 Å². The maximum absolute atomic E-state index is 11.4. The van der Waals surface area contributed by atoms with Crippen LogP contribution in [0.2, 0.25) is 0 Å². The summed E-state index contributed by atoms with van der Waals surface area (Å²) in [4.78, 5) is 18.5. The second-order valence-corrected chi connectivity index (χ2v) is 6.79. The Bertz CT molecular complexity index is 793. The zero-order valence-corrected chi connectivity index (χ0v) is 20.4. The van der Waals surface area contributed by atoms with Crippen molar-refractivity contribution in [3.05, 3.63) is 71.3 Å². The number of halogens is 1. The number of likely N-dealkylation sites (N-methyl/N-ethyl adjacent to an activating group) is 1. The van der Waals surface area contributed by atoms with E-state index in [1.54, 1.807) is 12.1 Å². The molecule has 2 aromatic carbocycles. The summed E-state index contributed by atoms with van der Waals surface area (Å²) >= 11 is 0. The van der Waals surface area contributed by atoms with Crippen LogP contribution in [0, 0.1) is 0 Å². The predicted molar refractivity (Wildman–Crippen MR) is 135 cm³/mol. The van der Waals surface area contributed by atoms with Crippen molar-refractivity contribution in [2.24, 2.45) is 10.7 Å². The van der Waals surface area contributed by atoms with Gasteiger partial charge in [-0.25, -0.2) is 4.99 Å². The average Bonchev–Trinajstić information content (AvgIpc) is 2.75. The first-order valence-electron chi connectivity index (χ1n) is 10.3. The lowest BCUT2D eigenvalue weighted by Gasteiger charge is -2.30. The van der Waals surface area contributed by atoms with Gasteiger partial charge in [-0.15, -0.1) is 24.0 Å². The fraction of sp³-hybridized carbons (Fsp3) is 0.391. The topological polar surface area (TPSA) is 82.7 Å². The van der Waals surface area contributed by atoms with Crippen LogP contribution in [0.3, 0.4) is 0 Å². The molecule has 6 nitrogen and oxygen atoms in total. The molecule has 0 spiro atoms. The number of aliphatic imine (C=N–C) groups is 1. The third kappa shape index (κ3) is 7.95. The van der Waals surface area contributed by atoms with Crippen LogP contribution in [0.1, 0.15) is 48.3 Å². The van der Waals surface area contributed by atoms with E-state index in [-0.39, 0.29) is 30.0 Å². The quantitative estimate of drug-likeness (QED) is 0.253. The Labute approximate surface area is 197 Å². The van der Waals surface area contributed by atoms with Crippen molar-refractivity contribution in [1.29, 1.82) is 0 Å². The van der Waals surface area contributed by atoms with E-state index < -0.39 is 5.91 Å². The normalized spacial score (nSPS) is 12.2. The highest BCUT2D eigenvalue weighted by Gasteiger charge is 2.18. The Morgan fingerprint density at radius 2 is 1.73 bits per heavy atom. The van der Waals surface area contributed by atoms with Crippen molar-refractivity contribution in [2.75, 3.05) is 26.2 Å². The Kier molecular flexibility index (Phi) is 12.1. The second kappa shape index (κ2) is 14.0. The Balaban J connectivity index is 0.00000450. The van der Waals surface area contributed by atoms with E-state index in [0.29, 0.717) is 12.1 Å². The Hall–Kier alpha value is -2.13. The van der Waals surface area contributed by atoms with Crippen molar-refractivity contribution in [1.82, 2.24) is 15.5 Å². The number of carbonyl (C=O) groups is 1. The van der Waals surface area contributed by atoms with Crippen LogP contribution in [0.5, 0.6) is 0 Å². The molecule has 0 saturated heterocycles. The number of hydrogen-bond acceptors (Lipinski definition) is 3. The summed E-state index contributed by atoms with van der Waals surface area (Å²) in [5.74, 6) is 0.329. The molecular formula is C23H34IN5O. The van der Waals surface area contributed by atoms with Gasteiger partial charge >= 0.3 is 0 Å². The summed E-state index contributed by atoms with van der Waals surface area (Å²) in [5, 5.41) is 6.78. The number of primary amides is 1. The first-order valence-corrected chi connectivity index (χ1v) is 10.3. The minimum absolute atomic E-state index is 0. The molecular weight excluding hydrogens is 489 g/mol. The predicted octanol–water partition coefficient (Wildman–Crippen LogP) is 3.54. The molecule has 0 aromatic heterocycles. The number of hydrogen-bond donors (Lipinski definition) is 3. The lowest BCUT2D eigenvalue weighted by Crippen LogP contribution is -2.43. The van der Waals surface area contributed by atoms with Gasteiger partial charge in [-0.3, -0.25) is 9.69 Å². The van der Waals surface area contributed by atoms with Gasteiger partial charge in [0.1, 0.15) is 0 Å². The molecule has 0 fully saturated rings. The molecule has 0 aliphatic rings. The number of carbonyl (C=O) groups excluding carboxylic acids is 1. The first kappa shape index (κ1) is 25.9. The molecule has 7 heteroatoms. The second-order valence-electron chi connectivity index (χ2n) is 6.79. The summed E-state index contributed by atoms with van der Waals surface area (Å²) in [5.41, 5.74) is 8.11. The van der Waals surface area contributed by atoms with Crippen LogP contribution in [0.25, 0.3) is 0 Å². The van der Waals surface area contributed by atoms with Crippen molar-refractivity contribution >= 4 is 35.8 Å². The molecule has 0 aliphatic heterocycles. The van der Waals surface area contributed by atoms with E-state index >= 15 is 0 Å². The molecule has 164 valence electrons. The SMILES string of the molecule is CCNC(=NCc1cccc(C(N)=O)c1)NCC(c1ccccc1)N(CC)CC.I. The number of nitrogens with two attached hydrogens (primary N) is 1. The molecule has 0 heterocycles. The van der Waals surface area contributed by atoms with Crippen LogP contribution in [0.4, 0.5) is 0 Å². The van der Waals surface area contributed by atoms with E-state index in [2.05, 4.69) is 58.6 Å². The van der Waals surface area contributed by atoms with Crippen molar-refractivity contribution < 1.29 is 4.79 Å². The lowest BCUT2D eigenvalue weighted by molar-refractivity contribution is 0.1000. The van der Waals surface area contributed by atoms with E-state index in [1.165, 1.54) is 5.56 Å². The van der Waals surface area contributed by atoms with E-state index in [9.17, 15) is 4.79 Å². The van der Waals surface area contributed by atoms with Crippen molar-refractivity contribution in [3.63, 3.8) is 0 Å².